The highest BCUT2D eigenvalue weighted by molar-refractivity contribution is 5.69. The van der Waals surface area contributed by atoms with Gasteiger partial charge in [-0.3, -0.25) is 4.79 Å². The van der Waals surface area contributed by atoms with Crippen LogP contribution in [0.5, 0.6) is 0 Å². The van der Waals surface area contributed by atoms with Crippen molar-refractivity contribution in [2.24, 2.45) is 23.7 Å². The molecule has 0 atom stereocenters. The molecule has 1 N–H and O–H groups in total. The maximum Gasteiger partial charge on any atom is 0.306 e. The van der Waals surface area contributed by atoms with Crippen LogP contribution in [0, 0.1) is 23.7 Å². The monoisotopic (exact) mass is 238 g/mol. The van der Waals surface area contributed by atoms with E-state index in [1.54, 1.807) is 0 Å². The van der Waals surface area contributed by atoms with Gasteiger partial charge in [-0.2, -0.15) is 0 Å². The van der Waals surface area contributed by atoms with E-state index in [1.807, 2.05) is 0 Å². The van der Waals surface area contributed by atoms with Gasteiger partial charge in [0.2, 0.25) is 0 Å². The number of carboxylic acid groups (broad SMARTS) is 1. The third-order valence-corrected chi connectivity index (χ3v) is 5.26. The fraction of sp³-hybridized carbons (Fsp3) is 0.933. The second-order valence-electron chi connectivity index (χ2n) is 6.14. The van der Waals surface area contributed by atoms with Crippen molar-refractivity contribution in [1.29, 1.82) is 0 Å². The summed E-state index contributed by atoms with van der Waals surface area (Å²) in [6.07, 6.45) is 11.2. The molecular formula is C15H26O2. The van der Waals surface area contributed by atoms with Gasteiger partial charge in [-0.05, 0) is 56.3 Å². The number of carbonyl (C=O) groups is 1. The molecule has 2 nitrogen and oxygen atoms in total. The lowest BCUT2D eigenvalue weighted by atomic mass is 9.69. The van der Waals surface area contributed by atoms with E-state index < -0.39 is 5.97 Å². The van der Waals surface area contributed by atoms with E-state index in [9.17, 15) is 4.79 Å². The van der Waals surface area contributed by atoms with E-state index in [4.69, 9.17) is 5.11 Å². The molecule has 0 aromatic rings. The van der Waals surface area contributed by atoms with Crippen LogP contribution in [-0.4, -0.2) is 11.1 Å². The molecule has 2 rings (SSSR count). The number of rotatable bonds is 3. The van der Waals surface area contributed by atoms with Crippen LogP contribution < -0.4 is 0 Å². The van der Waals surface area contributed by atoms with Gasteiger partial charge in [-0.1, -0.05) is 26.2 Å². The number of aliphatic carboxylic acids is 1. The van der Waals surface area contributed by atoms with Crippen molar-refractivity contribution in [2.45, 2.75) is 64.7 Å². The predicted molar refractivity (Wildman–Crippen MR) is 68.8 cm³/mol. The average molecular weight is 238 g/mol. The molecule has 0 radical (unpaired) electrons. The molecule has 0 spiro atoms. The minimum absolute atomic E-state index is 0.0433. The van der Waals surface area contributed by atoms with Crippen LogP contribution in [-0.2, 0) is 4.79 Å². The van der Waals surface area contributed by atoms with Crippen molar-refractivity contribution in [1.82, 2.24) is 0 Å². The zero-order valence-electron chi connectivity index (χ0n) is 11.0. The standard InChI is InChI=1S/C15H26O2/c1-2-11-3-5-12(6-4-11)13-7-9-14(10-8-13)15(16)17/h11-14H,2-10H2,1H3,(H,16,17)/t11?,12?,13-,14-. The molecule has 0 aromatic carbocycles. The van der Waals surface area contributed by atoms with Crippen LogP contribution >= 0.6 is 0 Å². The Kier molecular flexibility index (Phi) is 4.47. The van der Waals surface area contributed by atoms with Gasteiger partial charge in [-0.15, -0.1) is 0 Å². The summed E-state index contributed by atoms with van der Waals surface area (Å²) in [5.74, 6) is 2.11. The first-order valence-corrected chi connectivity index (χ1v) is 7.43. The summed E-state index contributed by atoms with van der Waals surface area (Å²) in [6, 6.07) is 0. The molecule has 0 amide bonds. The Hall–Kier alpha value is -0.530. The van der Waals surface area contributed by atoms with E-state index >= 15 is 0 Å². The molecule has 2 saturated carbocycles. The van der Waals surface area contributed by atoms with Gasteiger partial charge in [-0.25, -0.2) is 0 Å². The van der Waals surface area contributed by atoms with Gasteiger partial charge in [0, 0.05) is 0 Å². The second-order valence-corrected chi connectivity index (χ2v) is 6.14. The third-order valence-electron chi connectivity index (χ3n) is 5.26. The highest BCUT2D eigenvalue weighted by Gasteiger charge is 2.32. The Bertz CT molecular complexity index is 246. The van der Waals surface area contributed by atoms with Crippen LogP contribution in [0.2, 0.25) is 0 Å². The third kappa shape index (κ3) is 3.23. The molecule has 2 aliphatic rings. The topological polar surface area (TPSA) is 37.3 Å². The summed E-state index contributed by atoms with van der Waals surface area (Å²) in [5.41, 5.74) is 0. The molecule has 0 unspecified atom stereocenters. The molecule has 0 saturated heterocycles. The summed E-state index contributed by atoms with van der Waals surface area (Å²) < 4.78 is 0. The fourth-order valence-electron chi connectivity index (χ4n) is 3.91. The van der Waals surface area contributed by atoms with Crippen molar-refractivity contribution in [2.75, 3.05) is 0 Å². The Morgan fingerprint density at radius 2 is 1.41 bits per heavy atom. The van der Waals surface area contributed by atoms with Gasteiger partial charge in [0.25, 0.3) is 0 Å². The SMILES string of the molecule is CCC1CCC([C@H]2CC[C@H](C(=O)O)CC2)CC1. The second kappa shape index (κ2) is 5.88. The van der Waals surface area contributed by atoms with E-state index in [1.165, 1.54) is 44.9 Å². The first kappa shape index (κ1) is 12.9. The first-order valence-electron chi connectivity index (χ1n) is 7.43. The molecule has 98 valence electrons. The van der Waals surface area contributed by atoms with E-state index in [2.05, 4.69) is 6.92 Å². The van der Waals surface area contributed by atoms with Crippen molar-refractivity contribution in [3.63, 3.8) is 0 Å². The summed E-state index contributed by atoms with van der Waals surface area (Å²) in [6.45, 7) is 2.31. The van der Waals surface area contributed by atoms with Crippen LogP contribution in [0.25, 0.3) is 0 Å². The summed E-state index contributed by atoms with van der Waals surface area (Å²) in [5, 5.41) is 9.00. The molecule has 0 bridgehead atoms. The Morgan fingerprint density at radius 1 is 0.941 bits per heavy atom. The minimum atomic E-state index is -0.571. The van der Waals surface area contributed by atoms with Crippen LogP contribution in [0.15, 0.2) is 0 Å². The van der Waals surface area contributed by atoms with Gasteiger partial charge in [0.15, 0.2) is 0 Å². The van der Waals surface area contributed by atoms with E-state index in [0.717, 1.165) is 30.6 Å². The highest BCUT2D eigenvalue weighted by Crippen LogP contribution is 2.41. The molecule has 2 heteroatoms. The Morgan fingerprint density at radius 3 is 1.82 bits per heavy atom. The first-order chi connectivity index (χ1) is 8.20. The summed E-state index contributed by atoms with van der Waals surface area (Å²) in [4.78, 5) is 10.9. The van der Waals surface area contributed by atoms with Crippen LogP contribution in [0.3, 0.4) is 0 Å². The number of hydrogen-bond donors (Lipinski definition) is 1. The van der Waals surface area contributed by atoms with Gasteiger partial charge >= 0.3 is 5.97 Å². The maximum absolute atomic E-state index is 10.9. The molecule has 2 aliphatic carbocycles. The Labute approximate surface area is 105 Å². The van der Waals surface area contributed by atoms with E-state index in [0.29, 0.717) is 0 Å². The van der Waals surface area contributed by atoms with Crippen molar-refractivity contribution >= 4 is 5.97 Å². The zero-order valence-corrected chi connectivity index (χ0v) is 11.0. The quantitative estimate of drug-likeness (QED) is 0.804. The molecule has 17 heavy (non-hydrogen) atoms. The van der Waals surface area contributed by atoms with Crippen LogP contribution in [0.4, 0.5) is 0 Å². The van der Waals surface area contributed by atoms with E-state index in [-0.39, 0.29) is 5.92 Å². The fourth-order valence-corrected chi connectivity index (χ4v) is 3.91. The maximum atomic E-state index is 10.9. The van der Waals surface area contributed by atoms with Gasteiger partial charge < -0.3 is 5.11 Å². The molecule has 0 aliphatic heterocycles. The largest absolute Gasteiger partial charge is 0.481 e. The van der Waals surface area contributed by atoms with Crippen molar-refractivity contribution < 1.29 is 9.90 Å². The Balaban J connectivity index is 1.76. The lowest BCUT2D eigenvalue weighted by Crippen LogP contribution is -2.28. The van der Waals surface area contributed by atoms with Crippen molar-refractivity contribution in [3.05, 3.63) is 0 Å². The molecule has 0 heterocycles. The van der Waals surface area contributed by atoms with Gasteiger partial charge in [0.05, 0.1) is 5.92 Å². The summed E-state index contributed by atoms with van der Waals surface area (Å²) >= 11 is 0. The molecule has 0 aromatic heterocycles. The number of carboxylic acids is 1. The number of hydrogen-bond acceptors (Lipinski definition) is 1. The lowest BCUT2D eigenvalue weighted by Gasteiger charge is -2.36. The van der Waals surface area contributed by atoms with Crippen molar-refractivity contribution in [3.8, 4) is 0 Å². The average Bonchev–Trinajstić information content (AvgIpc) is 2.39. The van der Waals surface area contributed by atoms with Crippen LogP contribution in [0.1, 0.15) is 64.7 Å². The lowest BCUT2D eigenvalue weighted by molar-refractivity contribution is -0.143. The molecular weight excluding hydrogens is 212 g/mol. The normalized spacial score (nSPS) is 38.9. The smallest absolute Gasteiger partial charge is 0.306 e. The van der Waals surface area contributed by atoms with Gasteiger partial charge in [0.1, 0.15) is 0 Å². The predicted octanol–water partition coefficient (Wildman–Crippen LogP) is 4.09. The summed E-state index contributed by atoms with van der Waals surface area (Å²) in [7, 11) is 0. The zero-order chi connectivity index (χ0) is 12.3. The minimum Gasteiger partial charge on any atom is -0.481 e. The highest BCUT2D eigenvalue weighted by atomic mass is 16.4. The molecule has 2 fully saturated rings.